The summed E-state index contributed by atoms with van der Waals surface area (Å²) in [4.78, 5) is 155. The predicted octanol–water partition coefficient (Wildman–Crippen LogP) is -3.80. The predicted molar refractivity (Wildman–Crippen MR) is 243 cm³/mol. The van der Waals surface area contributed by atoms with Crippen LogP contribution in [-0.2, 0) is 52.7 Å². The Labute approximate surface area is 402 Å². The minimum absolute atomic E-state index is 0.00657. The number of aliphatic carboxylic acids is 3. The SMILES string of the molecule is CCCN(NC(=O)[C@@H]1CCCN1C(=O)[C@@H](NC(=O)[C@@H](NC(=O)[C@H](CC(=O)O)NC(=O)[C@H](CCC(=O)O)NC(C)=O)C(C)C)C(C)C)C(=O)N[C@@H](CO)C(=O)N[C@@H](CCSC)C(=O)N[C@@H](CO)C(=O)O. The zero-order chi connectivity index (χ0) is 52.7. The minimum atomic E-state index is -1.80. The molecular formula is C41H68N10O17S. The summed E-state index contributed by atoms with van der Waals surface area (Å²) in [5.41, 5.74) is 2.44. The van der Waals surface area contributed by atoms with Crippen LogP contribution in [0.25, 0.3) is 0 Å². The molecule has 10 amide bonds. The van der Waals surface area contributed by atoms with Crippen LogP contribution in [0.1, 0.15) is 86.5 Å². The number of carbonyl (C=O) groups excluding carboxylic acids is 9. The number of thioether (sulfide) groups is 1. The fourth-order valence-electron chi connectivity index (χ4n) is 6.76. The molecule has 1 rings (SSSR count). The van der Waals surface area contributed by atoms with Gasteiger partial charge < -0.3 is 67.7 Å². The van der Waals surface area contributed by atoms with Gasteiger partial charge in [0, 0.05) is 26.4 Å². The summed E-state index contributed by atoms with van der Waals surface area (Å²) in [6.45, 7) is 7.03. The average Bonchev–Trinajstić information content (AvgIpc) is 3.77. The molecule has 28 heteroatoms. The molecule has 0 saturated carbocycles. The van der Waals surface area contributed by atoms with Crippen LogP contribution < -0.4 is 42.6 Å². The molecule has 1 aliphatic rings. The molecule has 13 N–H and O–H groups in total. The summed E-state index contributed by atoms with van der Waals surface area (Å²) in [6, 6.07) is -12.9. The van der Waals surface area contributed by atoms with Gasteiger partial charge in [-0.25, -0.2) is 14.6 Å². The van der Waals surface area contributed by atoms with Crippen molar-refractivity contribution in [1.29, 1.82) is 0 Å². The molecule has 8 atom stereocenters. The van der Waals surface area contributed by atoms with E-state index in [0.717, 1.165) is 11.9 Å². The summed E-state index contributed by atoms with van der Waals surface area (Å²) in [5, 5.41) is 64.2. The molecule has 0 bridgehead atoms. The second kappa shape index (κ2) is 30.3. The lowest BCUT2D eigenvalue weighted by Gasteiger charge is -2.33. The van der Waals surface area contributed by atoms with Crippen molar-refractivity contribution in [2.24, 2.45) is 11.8 Å². The molecule has 1 aliphatic heterocycles. The fraction of sp³-hybridized carbons (Fsp3) is 0.707. The topological polar surface area (TPSA) is 409 Å². The van der Waals surface area contributed by atoms with Crippen molar-refractivity contribution in [3.63, 3.8) is 0 Å². The number of hydrogen-bond donors (Lipinski definition) is 13. The molecule has 0 aromatic heterocycles. The number of nitrogens with one attached hydrogen (secondary N) is 8. The van der Waals surface area contributed by atoms with Crippen LogP contribution in [0.2, 0.25) is 0 Å². The Bertz CT molecular complexity index is 1860. The highest BCUT2D eigenvalue weighted by molar-refractivity contribution is 7.98. The number of carboxylic acids is 3. The van der Waals surface area contributed by atoms with E-state index < -0.39 is 164 Å². The smallest absolute Gasteiger partial charge is 0.336 e. The van der Waals surface area contributed by atoms with Crippen molar-refractivity contribution in [1.82, 2.24) is 52.6 Å². The number of carbonyl (C=O) groups is 12. The molecule has 0 aliphatic carbocycles. The summed E-state index contributed by atoms with van der Waals surface area (Å²) in [5.74, 6) is -12.6. The van der Waals surface area contributed by atoms with Gasteiger partial charge in [0.1, 0.15) is 48.3 Å². The van der Waals surface area contributed by atoms with Crippen molar-refractivity contribution in [2.45, 2.75) is 135 Å². The number of likely N-dealkylation sites (tertiary alicyclic amines) is 1. The molecule has 69 heavy (non-hydrogen) atoms. The quantitative estimate of drug-likeness (QED) is 0.0320. The van der Waals surface area contributed by atoms with E-state index in [4.69, 9.17) is 5.11 Å². The van der Waals surface area contributed by atoms with Gasteiger partial charge in [-0.15, -0.1) is 0 Å². The zero-order valence-corrected chi connectivity index (χ0v) is 40.5. The lowest BCUT2D eigenvalue weighted by molar-refractivity contribution is -0.144. The van der Waals surface area contributed by atoms with Gasteiger partial charge in [-0.1, -0.05) is 34.6 Å². The van der Waals surface area contributed by atoms with E-state index in [1.807, 2.05) is 0 Å². The van der Waals surface area contributed by atoms with E-state index in [2.05, 4.69) is 42.6 Å². The molecule has 0 radical (unpaired) electrons. The maximum Gasteiger partial charge on any atom is 0.336 e. The van der Waals surface area contributed by atoms with Crippen LogP contribution in [0.4, 0.5) is 4.79 Å². The molecule has 0 spiro atoms. The van der Waals surface area contributed by atoms with E-state index in [1.165, 1.54) is 30.5 Å². The first-order valence-corrected chi connectivity index (χ1v) is 23.6. The van der Waals surface area contributed by atoms with Crippen LogP contribution in [0.5, 0.6) is 0 Å². The number of rotatable bonds is 29. The molecule has 0 unspecified atom stereocenters. The maximum absolute atomic E-state index is 14.2. The average molecular weight is 1010 g/mol. The number of hydrogen-bond acceptors (Lipinski definition) is 15. The van der Waals surface area contributed by atoms with Gasteiger partial charge >= 0.3 is 23.9 Å². The third-order valence-corrected chi connectivity index (χ3v) is 11.1. The summed E-state index contributed by atoms with van der Waals surface area (Å²) in [6.07, 6.45) is 0.527. The summed E-state index contributed by atoms with van der Waals surface area (Å²) in [7, 11) is 0. The highest BCUT2D eigenvalue weighted by atomic mass is 32.2. The van der Waals surface area contributed by atoms with E-state index in [0.29, 0.717) is 12.2 Å². The van der Waals surface area contributed by atoms with E-state index in [9.17, 15) is 78.0 Å². The number of carboxylic acid groups (broad SMARTS) is 3. The molecule has 1 fully saturated rings. The second-order valence-corrected chi connectivity index (χ2v) is 17.7. The Morgan fingerprint density at radius 1 is 0.652 bits per heavy atom. The molecule has 27 nitrogen and oxygen atoms in total. The number of aliphatic hydroxyl groups excluding tert-OH is 2. The molecule has 1 saturated heterocycles. The van der Waals surface area contributed by atoms with Crippen LogP contribution in [0.15, 0.2) is 0 Å². The fourth-order valence-corrected chi connectivity index (χ4v) is 7.23. The number of hydrazine groups is 1. The molecule has 0 aromatic rings. The Hall–Kier alpha value is -6.29. The first-order valence-electron chi connectivity index (χ1n) is 22.2. The Morgan fingerprint density at radius 2 is 1.17 bits per heavy atom. The van der Waals surface area contributed by atoms with E-state index in [1.54, 1.807) is 27.0 Å². The van der Waals surface area contributed by atoms with Crippen molar-refractivity contribution in [3.8, 4) is 0 Å². The number of aliphatic hydroxyl groups is 2. The van der Waals surface area contributed by atoms with Gasteiger partial charge in [-0.3, -0.25) is 53.4 Å². The van der Waals surface area contributed by atoms with Gasteiger partial charge in [-0.05, 0) is 55.9 Å². The number of nitrogens with zero attached hydrogens (tertiary/aromatic N) is 2. The third-order valence-electron chi connectivity index (χ3n) is 10.4. The van der Waals surface area contributed by atoms with Gasteiger partial charge in [0.2, 0.25) is 41.4 Å². The van der Waals surface area contributed by atoms with Crippen molar-refractivity contribution in [3.05, 3.63) is 0 Å². The first kappa shape index (κ1) is 60.7. The van der Waals surface area contributed by atoms with Crippen LogP contribution in [-0.4, -0.2) is 193 Å². The molecule has 1 heterocycles. The van der Waals surface area contributed by atoms with Crippen LogP contribution in [0.3, 0.4) is 0 Å². The normalized spacial score (nSPS) is 16.3. The lowest BCUT2D eigenvalue weighted by Crippen LogP contribution is -2.62. The Morgan fingerprint density at radius 3 is 1.67 bits per heavy atom. The van der Waals surface area contributed by atoms with Crippen molar-refractivity contribution >= 4 is 83.0 Å². The summed E-state index contributed by atoms with van der Waals surface area (Å²) >= 11 is 1.31. The number of amides is 10. The number of urea groups is 1. The standard InChI is InChI=1S/C41H68N10O17S/c1-8-14-51(41(68)46-26(18-52)36(62)43-24(13-16-69-7)34(60)45-27(19-53)40(66)67)49-37(63)28-10-9-15-50(28)39(65)32(21(4)5)48-38(64)31(20(2)3)47-35(61)25(17-30(57)58)44-33(59)23(42-22(6)54)11-12-29(55)56/h20-21,23-28,31-32,52-53H,8-19H2,1-7H3,(H,42,54)(H,43,62)(H,44,59)(H,45,60)(H,46,68)(H,47,61)(H,48,64)(H,49,63)(H,55,56)(H,57,58)(H,66,67)/t23-,24-,25-,26-,27-,28-,31-,32-/m0/s1. The molecule has 390 valence electrons. The Balaban J connectivity index is 3.24. The molecular weight excluding hydrogens is 937 g/mol. The Kier molecular flexibility index (Phi) is 26.6. The second-order valence-electron chi connectivity index (χ2n) is 16.7. The van der Waals surface area contributed by atoms with Crippen LogP contribution in [0, 0.1) is 11.8 Å². The maximum atomic E-state index is 14.2. The van der Waals surface area contributed by atoms with Gasteiger partial charge in [0.05, 0.1) is 19.6 Å². The summed E-state index contributed by atoms with van der Waals surface area (Å²) < 4.78 is 0. The molecule has 0 aromatic carbocycles. The zero-order valence-electron chi connectivity index (χ0n) is 39.7. The van der Waals surface area contributed by atoms with Gasteiger partial charge in [0.15, 0.2) is 0 Å². The largest absolute Gasteiger partial charge is 0.481 e. The monoisotopic (exact) mass is 1000 g/mol. The minimum Gasteiger partial charge on any atom is -0.481 e. The van der Waals surface area contributed by atoms with Crippen molar-refractivity contribution in [2.75, 3.05) is 38.3 Å². The highest BCUT2D eigenvalue weighted by Gasteiger charge is 2.41. The van der Waals surface area contributed by atoms with Crippen LogP contribution >= 0.6 is 11.8 Å². The van der Waals surface area contributed by atoms with E-state index >= 15 is 0 Å². The third kappa shape index (κ3) is 20.5. The van der Waals surface area contributed by atoms with E-state index in [-0.39, 0.29) is 32.4 Å². The highest BCUT2D eigenvalue weighted by Crippen LogP contribution is 2.21. The van der Waals surface area contributed by atoms with Crippen molar-refractivity contribution < 1.29 is 83.1 Å². The lowest BCUT2D eigenvalue weighted by atomic mass is 9.98. The first-order chi connectivity index (χ1) is 32.3. The van der Waals surface area contributed by atoms with Gasteiger partial charge in [-0.2, -0.15) is 11.8 Å². The van der Waals surface area contributed by atoms with Gasteiger partial charge in [0.25, 0.3) is 5.91 Å².